The second-order valence-electron chi connectivity index (χ2n) is 8.07. The van der Waals surface area contributed by atoms with Crippen molar-refractivity contribution in [1.29, 1.82) is 0 Å². The van der Waals surface area contributed by atoms with E-state index in [1.165, 1.54) is 22.6 Å². The third kappa shape index (κ3) is 7.20. The van der Waals surface area contributed by atoms with Gasteiger partial charge >= 0.3 is 0 Å². The van der Waals surface area contributed by atoms with Crippen LogP contribution in [0.3, 0.4) is 0 Å². The lowest BCUT2D eigenvalue weighted by Gasteiger charge is -2.32. The first-order valence-electron chi connectivity index (χ1n) is 10.6. The second kappa shape index (κ2) is 12.6. The molecule has 1 aliphatic rings. The van der Waals surface area contributed by atoms with Crippen molar-refractivity contribution in [2.75, 3.05) is 26.7 Å². The molecule has 1 aliphatic heterocycles. The Morgan fingerprint density at radius 1 is 1.27 bits per heavy atom. The van der Waals surface area contributed by atoms with Gasteiger partial charge in [-0.05, 0) is 25.3 Å². The average molecular weight is 543 g/mol. The molecule has 30 heavy (non-hydrogen) atoms. The Hall–Kier alpha value is -1.19. The number of benzene rings is 1. The lowest BCUT2D eigenvalue weighted by Crippen LogP contribution is -2.42. The van der Waals surface area contributed by atoms with Crippen LogP contribution in [0.25, 0.3) is 0 Å². The number of aryl methyl sites for hydroxylation is 1. The molecule has 2 N–H and O–H groups in total. The first-order valence-corrected chi connectivity index (χ1v) is 11.5. The monoisotopic (exact) mass is 542 g/mol. The number of hydrogen-bond acceptors (Lipinski definition) is 4. The highest BCUT2D eigenvalue weighted by molar-refractivity contribution is 14.0. The summed E-state index contributed by atoms with van der Waals surface area (Å²) in [5.74, 6) is 1.78. The van der Waals surface area contributed by atoms with Crippen LogP contribution in [0, 0.1) is 12.8 Å². The highest BCUT2D eigenvalue weighted by atomic mass is 127. The molecule has 2 unspecified atom stereocenters. The molecular weight excluding hydrogens is 507 g/mol. The van der Waals surface area contributed by atoms with E-state index in [1.54, 1.807) is 11.3 Å². The number of guanidine groups is 1. The predicted molar refractivity (Wildman–Crippen MR) is 137 cm³/mol. The van der Waals surface area contributed by atoms with E-state index < -0.39 is 0 Å². The molecular formula is C23H35IN4OS. The van der Waals surface area contributed by atoms with E-state index in [9.17, 15) is 0 Å². The molecule has 0 saturated carbocycles. The fourth-order valence-corrected chi connectivity index (χ4v) is 4.51. The van der Waals surface area contributed by atoms with Crippen molar-refractivity contribution in [2.24, 2.45) is 10.9 Å². The molecule has 2 atom stereocenters. The van der Waals surface area contributed by atoms with Gasteiger partial charge in [-0.3, -0.25) is 4.99 Å². The number of nitrogens with one attached hydrogen (secondary N) is 2. The highest BCUT2D eigenvalue weighted by Gasteiger charge is 2.27. The predicted octanol–water partition coefficient (Wildman–Crippen LogP) is 5.07. The van der Waals surface area contributed by atoms with E-state index in [2.05, 4.69) is 66.0 Å². The van der Waals surface area contributed by atoms with Gasteiger partial charge in [-0.2, -0.15) is 0 Å². The van der Waals surface area contributed by atoms with Gasteiger partial charge in [-0.1, -0.05) is 43.7 Å². The first-order chi connectivity index (χ1) is 14.1. The molecule has 166 valence electrons. The van der Waals surface area contributed by atoms with E-state index in [4.69, 9.17) is 9.72 Å². The summed E-state index contributed by atoms with van der Waals surface area (Å²) in [6.45, 7) is 9.01. The molecule has 0 spiro atoms. The van der Waals surface area contributed by atoms with E-state index in [0.717, 1.165) is 44.2 Å². The topological polar surface area (TPSA) is 58.5 Å². The Balaban J connectivity index is 0.00000320. The van der Waals surface area contributed by atoms with Gasteiger partial charge in [0.25, 0.3) is 0 Å². The van der Waals surface area contributed by atoms with Crippen molar-refractivity contribution < 1.29 is 4.74 Å². The number of aromatic nitrogens is 1. The summed E-state index contributed by atoms with van der Waals surface area (Å²) in [5, 5.41) is 10.3. The summed E-state index contributed by atoms with van der Waals surface area (Å²) in [7, 11) is 1.82. The lowest BCUT2D eigenvalue weighted by atomic mass is 9.89. The summed E-state index contributed by atoms with van der Waals surface area (Å²) in [5.41, 5.74) is 3.71. The molecule has 2 heterocycles. The van der Waals surface area contributed by atoms with Crippen molar-refractivity contribution in [3.63, 3.8) is 0 Å². The van der Waals surface area contributed by atoms with Crippen LogP contribution in [0.2, 0.25) is 0 Å². The number of halogens is 1. The molecule has 2 aromatic rings. The highest BCUT2D eigenvalue weighted by Crippen LogP contribution is 2.33. The maximum Gasteiger partial charge on any atom is 0.191 e. The quantitative estimate of drug-likeness (QED) is 0.292. The number of hydrogen-bond donors (Lipinski definition) is 2. The normalized spacial score (nSPS) is 19.4. The van der Waals surface area contributed by atoms with Crippen LogP contribution in [0.4, 0.5) is 0 Å². The Bertz CT molecular complexity index is 791. The van der Waals surface area contributed by atoms with Gasteiger partial charge in [-0.25, -0.2) is 4.98 Å². The minimum absolute atomic E-state index is 0. The molecule has 0 aliphatic carbocycles. The minimum atomic E-state index is 0. The number of ether oxygens (including phenoxy) is 1. The average Bonchev–Trinajstić information content (AvgIpc) is 3.21. The summed E-state index contributed by atoms with van der Waals surface area (Å²) >= 11 is 1.75. The van der Waals surface area contributed by atoms with Gasteiger partial charge in [0, 0.05) is 50.4 Å². The van der Waals surface area contributed by atoms with Crippen molar-refractivity contribution in [1.82, 2.24) is 15.6 Å². The van der Waals surface area contributed by atoms with E-state index in [0.29, 0.717) is 11.8 Å². The Morgan fingerprint density at radius 2 is 2.03 bits per heavy atom. The molecule has 7 heteroatoms. The Labute approximate surface area is 202 Å². The second-order valence-corrected chi connectivity index (χ2v) is 8.96. The first kappa shape index (κ1) is 25.1. The van der Waals surface area contributed by atoms with Crippen LogP contribution in [0.15, 0.2) is 34.6 Å². The molecule has 1 fully saturated rings. The van der Waals surface area contributed by atoms with E-state index >= 15 is 0 Å². The van der Waals surface area contributed by atoms with Gasteiger partial charge in [0.2, 0.25) is 0 Å². The van der Waals surface area contributed by atoms with Gasteiger partial charge in [0.1, 0.15) is 0 Å². The molecule has 3 rings (SSSR count). The summed E-state index contributed by atoms with van der Waals surface area (Å²) in [6, 6.07) is 8.73. The van der Waals surface area contributed by atoms with Crippen molar-refractivity contribution in [2.45, 2.75) is 52.1 Å². The molecule has 0 amide bonds. The van der Waals surface area contributed by atoms with Crippen LogP contribution >= 0.6 is 35.3 Å². The van der Waals surface area contributed by atoms with Gasteiger partial charge in [-0.15, -0.1) is 35.3 Å². The minimum Gasteiger partial charge on any atom is -0.373 e. The van der Waals surface area contributed by atoms with E-state index in [-0.39, 0.29) is 30.1 Å². The maximum absolute atomic E-state index is 6.14. The molecule has 1 aromatic heterocycles. The van der Waals surface area contributed by atoms with Crippen molar-refractivity contribution in [3.8, 4) is 0 Å². The summed E-state index contributed by atoms with van der Waals surface area (Å²) < 4.78 is 6.14. The largest absolute Gasteiger partial charge is 0.373 e. The SMILES string of the molecule is CN=C(NCCc1csc(C(C)C)n1)NCC1CCCOC1c1ccc(C)cc1.I. The van der Waals surface area contributed by atoms with Gasteiger partial charge < -0.3 is 15.4 Å². The standard InChI is InChI=1S/C23H34N4OS.HI/c1-16(2)22-27-20(15-29-22)11-12-25-23(24-4)26-14-19-6-5-13-28-21(19)18-9-7-17(3)8-10-18;/h7-10,15-16,19,21H,5-6,11-14H2,1-4H3,(H2,24,25,26);1H. The van der Waals surface area contributed by atoms with Crippen molar-refractivity contribution in [3.05, 3.63) is 51.5 Å². The van der Waals surface area contributed by atoms with Crippen LogP contribution in [-0.2, 0) is 11.2 Å². The fraction of sp³-hybridized carbons (Fsp3) is 0.565. The Morgan fingerprint density at radius 3 is 2.70 bits per heavy atom. The molecule has 1 aromatic carbocycles. The third-order valence-corrected chi connectivity index (χ3v) is 6.54. The fourth-order valence-electron chi connectivity index (χ4n) is 3.64. The molecule has 5 nitrogen and oxygen atoms in total. The van der Waals surface area contributed by atoms with E-state index in [1.807, 2.05) is 7.05 Å². The van der Waals surface area contributed by atoms with Crippen LogP contribution in [0.5, 0.6) is 0 Å². The summed E-state index contributed by atoms with van der Waals surface area (Å²) in [6.07, 6.45) is 3.34. The number of aliphatic imine (C=N–C) groups is 1. The zero-order chi connectivity index (χ0) is 20.6. The third-order valence-electron chi connectivity index (χ3n) is 5.34. The Kier molecular flexibility index (Phi) is 10.5. The number of nitrogens with zero attached hydrogens (tertiary/aromatic N) is 2. The van der Waals surface area contributed by atoms with Gasteiger partial charge in [0.05, 0.1) is 16.8 Å². The maximum atomic E-state index is 6.14. The van der Waals surface area contributed by atoms with Crippen LogP contribution in [-0.4, -0.2) is 37.7 Å². The molecule has 0 bridgehead atoms. The zero-order valence-corrected chi connectivity index (χ0v) is 21.6. The molecule has 0 radical (unpaired) electrons. The zero-order valence-electron chi connectivity index (χ0n) is 18.5. The summed E-state index contributed by atoms with van der Waals surface area (Å²) in [4.78, 5) is 9.09. The lowest BCUT2D eigenvalue weighted by molar-refractivity contribution is -0.0265. The van der Waals surface area contributed by atoms with Crippen molar-refractivity contribution >= 4 is 41.3 Å². The number of rotatable bonds is 7. The van der Waals surface area contributed by atoms with Gasteiger partial charge in [0.15, 0.2) is 5.96 Å². The molecule has 1 saturated heterocycles. The van der Waals surface area contributed by atoms with Crippen LogP contribution < -0.4 is 10.6 Å². The smallest absolute Gasteiger partial charge is 0.191 e. The number of thiazole rings is 1. The van der Waals surface area contributed by atoms with Crippen LogP contribution in [0.1, 0.15) is 60.5 Å².